The molecule has 0 amide bonds. The Hall–Kier alpha value is -2.49. The second-order valence-electron chi connectivity index (χ2n) is 4.58. The number of aryl methyl sites for hydroxylation is 1. The average molecular weight is 253 g/mol. The van der Waals surface area contributed by atoms with E-state index in [0.29, 0.717) is 12.3 Å². The Kier molecular flexibility index (Phi) is 2.83. The van der Waals surface area contributed by atoms with E-state index in [2.05, 4.69) is 15.5 Å². The zero-order valence-corrected chi connectivity index (χ0v) is 10.6. The molecule has 0 saturated heterocycles. The molecule has 0 bridgehead atoms. The summed E-state index contributed by atoms with van der Waals surface area (Å²) in [5.74, 6) is 0.354. The lowest BCUT2D eigenvalue weighted by Crippen LogP contribution is -2.00. The molecule has 96 valence electrons. The first-order valence-electron chi connectivity index (χ1n) is 6.19. The molecule has 0 saturated carbocycles. The zero-order chi connectivity index (χ0) is 13.2. The number of anilines is 1. The molecule has 4 heteroatoms. The Morgan fingerprint density at radius 1 is 1.21 bits per heavy atom. The topological polar surface area (TPSA) is 60.9 Å². The summed E-state index contributed by atoms with van der Waals surface area (Å²) in [5.41, 5.74) is 3.74. The van der Waals surface area contributed by atoms with Gasteiger partial charge in [0.05, 0.1) is 17.4 Å². The van der Waals surface area contributed by atoms with E-state index in [9.17, 15) is 5.11 Å². The Balaban J connectivity index is 1.86. The van der Waals surface area contributed by atoms with Crippen molar-refractivity contribution in [1.29, 1.82) is 0 Å². The molecule has 0 aliphatic heterocycles. The molecule has 0 aliphatic carbocycles. The van der Waals surface area contributed by atoms with E-state index in [0.717, 1.165) is 27.7 Å². The van der Waals surface area contributed by atoms with Gasteiger partial charge < -0.3 is 10.4 Å². The van der Waals surface area contributed by atoms with Gasteiger partial charge in [0, 0.05) is 17.5 Å². The summed E-state index contributed by atoms with van der Waals surface area (Å²) >= 11 is 0. The maximum Gasteiger partial charge on any atom is 0.123 e. The molecule has 3 aromatic rings. The monoisotopic (exact) mass is 253 g/mol. The van der Waals surface area contributed by atoms with Crippen LogP contribution in [-0.4, -0.2) is 15.3 Å². The second-order valence-corrected chi connectivity index (χ2v) is 4.58. The molecule has 19 heavy (non-hydrogen) atoms. The van der Waals surface area contributed by atoms with Crippen molar-refractivity contribution in [1.82, 2.24) is 10.2 Å². The van der Waals surface area contributed by atoms with Crippen LogP contribution in [0.4, 0.5) is 5.69 Å². The number of phenolic OH excluding ortho intramolecular Hbond substituents is 1. The number of aromatic amines is 1. The molecule has 0 unspecified atom stereocenters. The van der Waals surface area contributed by atoms with Gasteiger partial charge in [0.25, 0.3) is 0 Å². The molecule has 2 aromatic carbocycles. The van der Waals surface area contributed by atoms with E-state index in [1.54, 1.807) is 6.20 Å². The van der Waals surface area contributed by atoms with E-state index in [1.807, 2.05) is 43.3 Å². The molecule has 0 atom stereocenters. The van der Waals surface area contributed by atoms with Gasteiger partial charge >= 0.3 is 0 Å². The molecule has 4 nitrogen and oxygen atoms in total. The smallest absolute Gasteiger partial charge is 0.123 e. The van der Waals surface area contributed by atoms with Crippen molar-refractivity contribution in [3.05, 3.63) is 53.7 Å². The van der Waals surface area contributed by atoms with Crippen LogP contribution in [0.1, 0.15) is 11.1 Å². The van der Waals surface area contributed by atoms with Crippen LogP contribution in [0.3, 0.4) is 0 Å². The molecule has 3 rings (SSSR count). The second kappa shape index (κ2) is 4.65. The fourth-order valence-electron chi connectivity index (χ4n) is 2.17. The lowest BCUT2D eigenvalue weighted by Gasteiger charge is -2.10. The number of hydrogen-bond acceptors (Lipinski definition) is 3. The highest BCUT2D eigenvalue weighted by molar-refractivity contribution is 5.89. The summed E-state index contributed by atoms with van der Waals surface area (Å²) < 4.78 is 0. The van der Waals surface area contributed by atoms with Crippen molar-refractivity contribution >= 4 is 16.6 Å². The van der Waals surface area contributed by atoms with Crippen molar-refractivity contribution in [2.75, 3.05) is 5.32 Å². The van der Waals surface area contributed by atoms with Gasteiger partial charge in [-0.15, -0.1) is 0 Å². The molecule has 1 heterocycles. The maximum atomic E-state index is 9.99. The highest BCUT2D eigenvalue weighted by atomic mass is 16.3. The van der Waals surface area contributed by atoms with Crippen molar-refractivity contribution in [3.8, 4) is 5.75 Å². The summed E-state index contributed by atoms with van der Waals surface area (Å²) in [6.07, 6.45) is 1.80. The van der Waals surface area contributed by atoms with E-state index in [4.69, 9.17) is 0 Å². The molecule has 0 fully saturated rings. The van der Waals surface area contributed by atoms with E-state index in [-0.39, 0.29) is 0 Å². The Bertz CT molecular complexity index is 718. The first-order chi connectivity index (χ1) is 9.25. The predicted octanol–water partition coefficient (Wildman–Crippen LogP) is 3.19. The zero-order valence-electron chi connectivity index (χ0n) is 10.6. The van der Waals surface area contributed by atoms with Gasteiger partial charge in [0.1, 0.15) is 5.75 Å². The van der Waals surface area contributed by atoms with Crippen LogP contribution in [0.25, 0.3) is 10.9 Å². The largest absolute Gasteiger partial charge is 0.507 e. The summed E-state index contributed by atoms with van der Waals surface area (Å²) in [6, 6.07) is 11.7. The number of nitrogens with zero attached hydrogens (tertiary/aromatic N) is 1. The lowest BCUT2D eigenvalue weighted by molar-refractivity contribution is 0.465. The number of rotatable bonds is 3. The van der Waals surface area contributed by atoms with Crippen LogP contribution < -0.4 is 5.32 Å². The Morgan fingerprint density at radius 2 is 2.05 bits per heavy atom. The number of H-pyrrole nitrogens is 1. The normalized spacial score (nSPS) is 10.8. The van der Waals surface area contributed by atoms with Gasteiger partial charge in [-0.1, -0.05) is 30.3 Å². The number of aromatic nitrogens is 2. The fourth-order valence-corrected chi connectivity index (χ4v) is 2.17. The van der Waals surface area contributed by atoms with Gasteiger partial charge in [0.2, 0.25) is 0 Å². The van der Waals surface area contributed by atoms with E-state index < -0.39 is 0 Å². The van der Waals surface area contributed by atoms with Gasteiger partial charge in [-0.25, -0.2) is 0 Å². The number of nitrogens with one attached hydrogen (secondary N) is 2. The third kappa shape index (κ3) is 2.12. The molecule has 3 N–H and O–H groups in total. The summed E-state index contributed by atoms with van der Waals surface area (Å²) in [4.78, 5) is 0. The van der Waals surface area contributed by atoms with Gasteiger partial charge in [-0.05, 0) is 18.6 Å². The third-order valence-electron chi connectivity index (χ3n) is 3.27. The summed E-state index contributed by atoms with van der Waals surface area (Å²) in [6.45, 7) is 2.47. The van der Waals surface area contributed by atoms with Gasteiger partial charge in [-0.2, -0.15) is 5.10 Å². The minimum Gasteiger partial charge on any atom is -0.507 e. The summed E-state index contributed by atoms with van der Waals surface area (Å²) in [5, 5.41) is 21.4. The number of para-hydroxylation sites is 2. The quantitative estimate of drug-likeness (QED) is 0.671. The van der Waals surface area contributed by atoms with E-state index in [1.165, 1.54) is 0 Å². The Labute approximate surface area is 111 Å². The molecule has 0 radical (unpaired) electrons. The first-order valence-corrected chi connectivity index (χ1v) is 6.19. The van der Waals surface area contributed by atoms with Gasteiger partial charge in [-0.3, -0.25) is 5.10 Å². The number of aromatic hydroxyl groups is 1. The minimum absolute atomic E-state index is 0.354. The fraction of sp³-hybridized carbons (Fsp3) is 0.133. The molecular weight excluding hydrogens is 238 g/mol. The number of hydrogen-bond donors (Lipinski definition) is 3. The van der Waals surface area contributed by atoms with E-state index >= 15 is 0 Å². The minimum atomic E-state index is 0.354. The van der Waals surface area contributed by atoms with Gasteiger partial charge in [0.15, 0.2) is 0 Å². The molecule has 0 spiro atoms. The van der Waals surface area contributed by atoms with Crippen LogP contribution in [-0.2, 0) is 6.54 Å². The standard InChI is InChI=1S/C15H15N3O/c1-10-4-2-6-12(15(10)19)8-16-13-7-3-5-11-9-17-18-14(11)13/h2-7,9,16,19H,8H2,1H3,(H,17,18). The van der Waals surface area contributed by atoms with Crippen LogP contribution in [0, 0.1) is 6.92 Å². The average Bonchev–Trinajstić information content (AvgIpc) is 2.89. The van der Waals surface area contributed by atoms with Crippen LogP contribution in [0.15, 0.2) is 42.6 Å². The molecular formula is C15H15N3O. The van der Waals surface area contributed by atoms with Crippen LogP contribution >= 0.6 is 0 Å². The number of phenols is 1. The lowest BCUT2D eigenvalue weighted by atomic mass is 10.1. The predicted molar refractivity (Wildman–Crippen MR) is 76.3 cm³/mol. The van der Waals surface area contributed by atoms with Crippen LogP contribution in [0.2, 0.25) is 0 Å². The third-order valence-corrected chi connectivity index (χ3v) is 3.27. The van der Waals surface area contributed by atoms with Crippen molar-refractivity contribution in [2.24, 2.45) is 0 Å². The Morgan fingerprint density at radius 3 is 2.95 bits per heavy atom. The summed E-state index contributed by atoms with van der Waals surface area (Å²) in [7, 11) is 0. The first kappa shape index (κ1) is 11.6. The molecule has 1 aromatic heterocycles. The highest BCUT2D eigenvalue weighted by Gasteiger charge is 2.05. The SMILES string of the molecule is Cc1cccc(CNc2cccc3cn[nH]c23)c1O. The highest BCUT2D eigenvalue weighted by Crippen LogP contribution is 2.25. The van der Waals surface area contributed by atoms with Crippen molar-refractivity contribution in [3.63, 3.8) is 0 Å². The number of benzene rings is 2. The van der Waals surface area contributed by atoms with Crippen molar-refractivity contribution in [2.45, 2.75) is 13.5 Å². The van der Waals surface area contributed by atoms with Crippen molar-refractivity contribution < 1.29 is 5.11 Å². The van der Waals surface area contributed by atoms with Crippen LogP contribution in [0.5, 0.6) is 5.75 Å². The molecule has 0 aliphatic rings. The maximum absolute atomic E-state index is 9.99. The number of fused-ring (bicyclic) bond motifs is 1.